The Kier molecular flexibility index (Phi) is 4.05. The van der Waals surface area contributed by atoms with Gasteiger partial charge < -0.3 is 4.98 Å². The maximum Gasteiger partial charge on any atom is 0.129 e. The van der Waals surface area contributed by atoms with Gasteiger partial charge in [-0.25, -0.2) is 9.97 Å². The van der Waals surface area contributed by atoms with Gasteiger partial charge in [0.2, 0.25) is 0 Å². The highest BCUT2D eigenvalue weighted by molar-refractivity contribution is 6.29. The van der Waals surface area contributed by atoms with E-state index in [9.17, 15) is 0 Å². The number of nitrogens with one attached hydrogen (secondary N) is 1. The molecule has 1 saturated heterocycles. The number of nitrogens with zero attached hydrogens (tertiary/aromatic N) is 3. The summed E-state index contributed by atoms with van der Waals surface area (Å²) in [6.07, 6.45) is 4.32. The first-order valence-electron chi connectivity index (χ1n) is 8.80. The Balaban J connectivity index is 1.66. The third-order valence-corrected chi connectivity index (χ3v) is 5.20. The number of hydrogen-bond donors (Lipinski definition) is 1. The van der Waals surface area contributed by atoms with Crippen molar-refractivity contribution in [1.82, 2.24) is 19.9 Å². The number of benzene rings is 1. The summed E-state index contributed by atoms with van der Waals surface area (Å²) in [5.41, 5.74) is 3.23. The van der Waals surface area contributed by atoms with Gasteiger partial charge in [-0.2, -0.15) is 0 Å². The van der Waals surface area contributed by atoms with Gasteiger partial charge in [0.15, 0.2) is 0 Å². The monoisotopic (exact) mass is 354 g/mol. The summed E-state index contributed by atoms with van der Waals surface area (Å²) >= 11 is 5.97. The molecule has 1 unspecified atom stereocenters. The van der Waals surface area contributed by atoms with Crippen LogP contribution < -0.4 is 0 Å². The van der Waals surface area contributed by atoms with E-state index in [-0.39, 0.29) is 5.54 Å². The van der Waals surface area contributed by atoms with Crippen LogP contribution in [0.15, 0.2) is 36.5 Å². The molecular formula is C20H23ClN4. The standard InChI is InChI=1S/C20H23ClN4/c1-20(2,3)25-10-4-5-17(25)19-22-12-16(24-19)14-6-8-15-13(11-14)7-9-18(21)23-15/h6-9,11-12,17H,4-5,10H2,1-3H3,(H,22,24). The maximum atomic E-state index is 5.97. The van der Waals surface area contributed by atoms with Gasteiger partial charge >= 0.3 is 0 Å². The van der Waals surface area contributed by atoms with Gasteiger partial charge in [-0.3, -0.25) is 4.90 Å². The number of aromatic nitrogens is 3. The molecule has 0 amide bonds. The van der Waals surface area contributed by atoms with Crippen LogP contribution >= 0.6 is 11.6 Å². The van der Waals surface area contributed by atoms with E-state index < -0.39 is 0 Å². The second-order valence-electron chi connectivity index (χ2n) is 7.75. The Morgan fingerprint density at radius 3 is 2.84 bits per heavy atom. The lowest BCUT2D eigenvalue weighted by Crippen LogP contribution is -2.40. The molecule has 1 atom stereocenters. The van der Waals surface area contributed by atoms with Crippen molar-refractivity contribution in [3.8, 4) is 11.3 Å². The van der Waals surface area contributed by atoms with Crippen molar-refractivity contribution in [2.75, 3.05) is 6.54 Å². The number of H-pyrrole nitrogens is 1. The highest BCUT2D eigenvalue weighted by atomic mass is 35.5. The Bertz CT molecular complexity index is 909. The molecule has 130 valence electrons. The number of halogens is 1. The van der Waals surface area contributed by atoms with Crippen LogP contribution in [0.1, 0.15) is 45.5 Å². The molecule has 25 heavy (non-hydrogen) atoms. The molecule has 5 heteroatoms. The molecule has 2 aromatic heterocycles. The zero-order valence-corrected chi connectivity index (χ0v) is 15.6. The molecule has 0 saturated carbocycles. The van der Waals surface area contributed by atoms with Crippen molar-refractivity contribution in [2.24, 2.45) is 0 Å². The molecule has 4 rings (SSSR count). The Morgan fingerprint density at radius 1 is 1.20 bits per heavy atom. The minimum absolute atomic E-state index is 0.155. The van der Waals surface area contributed by atoms with E-state index in [1.54, 1.807) is 0 Å². The molecule has 1 aliphatic heterocycles. The first kappa shape index (κ1) is 16.6. The molecule has 1 N–H and O–H groups in total. The first-order chi connectivity index (χ1) is 11.9. The van der Waals surface area contributed by atoms with Gasteiger partial charge in [-0.15, -0.1) is 0 Å². The molecule has 4 nitrogen and oxygen atoms in total. The summed E-state index contributed by atoms with van der Waals surface area (Å²) in [6.45, 7) is 7.95. The van der Waals surface area contributed by atoms with Crippen molar-refractivity contribution >= 4 is 22.5 Å². The maximum absolute atomic E-state index is 5.97. The lowest BCUT2D eigenvalue weighted by molar-refractivity contribution is 0.117. The number of hydrogen-bond acceptors (Lipinski definition) is 3. The van der Waals surface area contributed by atoms with Crippen molar-refractivity contribution < 1.29 is 0 Å². The topological polar surface area (TPSA) is 44.8 Å². The number of fused-ring (bicyclic) bond motifs is 1. The van der Waals surface area contributed by atoms with E-state index in [1.807, 2.05) is 24.4 Å². The third-order valence-electron chi connectivity index (χ3n) is 4.99. The highest BCUT2D eigenvalue weighted by Gasteiger charge is 2.35. The number of imidazole rings is 1. The smallest absolute Gasteiger partial charge is 0.129 e. The van der Waals surface area contributed by atoms with Crippen molar-refractivity contribution in [3.63, 3.8) is 0 Å². The predicted octanol–water partition coefficient (Wildman–Crippen LogP) is 5.21. The molecule has 0 spiro atoms. The number of aromatic amines is 1. The van der Waals surface area contributed by atoms with Gasteiger partial charge in [-0.1, -0.05) is 17.7 Å². The Labute approximate surface area is 153 Å². The van der Waals surface area contributed by atoms with Crippen LogP contribution in [0.2, 0.25) is 5.15 Å². The quantitative estimate of drug-likeness (QED) is 0.642. The van der Waals surface area contributed by atoms with Crippen LogP contribution in [-0.4, -0.2) is 31.9 Å². The average Bonchev–Trinajstić information content (AvgIpc) is 3.22. The highest BCUT2D eigenvalue weighted by Crippen LogP contribution is 2.36. The predicted molar refractivity (Wildman–Crippen MR) is 103 cm³/mol. The fourth-order valence-corrected chi connectivity index (χ4v) is 3.93. The third kappa shape index (κ3) is 3.16. The molecule has 1 aromatic carbocycles. The second kappa shape index (κ2) is 6.11. The molecule has 3 aromatic rings. The largest absolute Gasteiger partial charge is 0.341 e. The minimum atomic E-state index is 0.155. The second-order valence-corrected chi connectivity index (χ2v) is 8.13. The summed E-state index contributed by atoms with van der Waals surface area (Å²) in [7, 11) is 0. The summed E-state index contributed by atoms with van der Waals surface area (Å²) < 4.78 is 0. The first-order valence-corrected chi connectivity index (χ1v) is 9.18. The summed E-state index contributed by atoms with van der Waals surface area (Å²) in [5.74, 6) is 1.07. The zero-order valence-electron chi connectivity index (χ0n) is 14.9. The van der Waals surface area contributed by atoms with Crippen molar-refractivity contribution in [2.45, 2.75) is 45.2 Å². The van der Waals surface area contributed by atoms with Gasteiger partial charge in [0.1, 0.15) is 11.0 Å². The van der Waals surface area contributed by atoms with Gasteiger partial charge in [-0.05, 0) is 64.4 Å². The molecule has 1 aliphatic rings. The van der Waals surface area contributed by atoms with E-state index in [4.69, 9.17) is 16.6 Å². The van der Waals surface area contributed by atoms with E-state index in [1.165, 1.54) is 6.42 Å². The van der Waals surface area contributed by atoms with Crippen LogP contribution in [0.5, 0.6) is 0 Å². The number of likely N-dealkylation sites (tertiary alicyclic amines) is 1. The molecule has 0 aliphatic carbocycles. The van der Waals surface area contributed by atoms with E-state index in [0.717, 1.165) is 41.0 Å². The van der Waals surface area contributed by atoms with Crippen molar-refractivity contribution in [3.05, 3.63) is 47.5 Å². The van der Waals surface area contributed by atoms with Crippen LogP contribution in [-0.2, 0) is 0 Å². The van der Waals surface area contributed by atoms with Crippen LogP contribution in [0.3, 0.4) is 0 Å². The average molecular weight is 355 g/mol. The van der Waals surface area contributed by atoms with Crippen LogP contribution in [0.25, 0.3) is 22.2 Å². The molecule has 3 heterocycles. The summed E-state index contributed by atoms with van der Waals surface area (Å²) in [6, 6.07) is 10.4. The normalized spacial score (nSPS) is 19.0. The molecule has 0 bridgehead atoms. The summed E-state index contributed by atoms with van der Waals surface area (Å²) in [4.78, 5) is 15.1. The SMILES string of the molecule is CC(C)(C)N1CCCC1c1ncc(-c2ccc3nc(Cl)ccc3c2)[nH]1. The number of rotatable bonds is 2. The van der Waals surface area contributed by atoms with Crippen molar-refractivity contribution in [1.29, 1.82) is 0 Å². The fourth-order valence-electron chi connectivity index (χ4n) is 3.77. The van der Waals surface area contributed by atoms with E-state index in [0.29, 0.717) is 11.2 Å². The van der Waals surface area contributed by atoms with Crippen LogP contribution in [0, 0.1) is 0 Å². The lowest BCUT2D eigenvalue weighted by atomic mass is 10.0. The Hall–Kier alpha value is -1.91. The van der Waals surface area contributed by atoms with E-state index in [2.05, 4.69) is 47.8 Å². The minimum Gasteiger partial charge on any atom is -0.341 e. The number of pyridine rings is 1. The van der Waals surface area contributed by atoms with Gasteiger partial charge in [0.25, 0.3) is 0 Å². The zero-order chi connectivity index (χ0) is 17.6. The molecule has 0 radical (unpaired) electrons. The van der Waals surface area contributed by atoms with E-state index >= 15 is 0 Å². The Morgan fingerprint density at radius 2 is 2.04 bits per heavy atom. The van der Waals surface area contributed by atoms with Gasteiger partial charge in [0, 0.05) is 16.5 Å². The van der Waals surface area contributed by atoms with Crippen LogP contribution in [0.4, 0.5) is 0 Å². The fraction of sp³-hybridized carbons (Fsp3) is 0.400. The lowest BCUT2D eigenvalue weighted by Gasteiger charge is -2.36. The molecular weight excluding hydrogens is 332 g/mol. The summed E-state index contributed by atoms with van der Waals surface area (Å²) in [5, 5.41) is 1.60. The molecule has 1 fully saturated rings. The van der Waals surface area contributed by atoms with Gasteiger partial charge in [0.05, 0.1) is 23.4 Å².